The third-order valence-corrected chi connectivity index (χ3v) is 2.98. The maximum atomic E-state index is 12.1. The predicted octanol–water partition coefficient (Wildman–Crippen LogP) is 2.05. The van der Waals surface area contributed by atoms with Gasteiger partial charge in [0.15, 0.2) is 5.69 Å². The number of aromatic nitrogens is 2. The largest absolute Gasteiger partial charge is 0.385 e. The second-order valence-corrected chi connectivity index (χ2v) is 4.72. The van der Waals surface area contributed by atoms with E-state index in [2.05, 4.69) is 20.8 Å². The van der Waals surface area contributed by atoms with Crippen molar-refractivity contribution in [3.63, 3.8) is 0 Å². The molecule has 0 aliphatic heterocycles. The Bertz CT molecular complexity index is 694. The van der Waals surface area contributed by atoms with Gasteiger partial charge in [-0.15, -0.1) is 10.2 Å². The minimum absolute atomic E-state index is 0.204. The highest BCUT2D eigenvalue weighted by molar-refractivity contribution is 6.02. The number of hydrogen-bond donors (Lipinski definition) is 2. The quantitative estimate of drug-likeness (QED) is 0.759. The molecule has 23 heavy (non-hydrogen) atoms. The average Bonchev–Trinajstić information content (AvgIpc) is 2.59. The molecule has 0 aliphatic rings. The van der Waals surface area contributed by atoms with Crippen LogP contribution >= 0.6 is 0 Å². The first-order valence-corrected chi connectivity index (χ1v) is 7.11. The molecule has 2 N–H and O–H groups in total. The van der Waals surface area contributed by atoms with Crippen LogP contribution in [0, 0.1) is 11.3 Å². The fourth-order valence-electron chi connectivity index (χ4n) is 1.84. The number of nitrogens with one attached hydrogen (secondary N) is 2. The molecule has 0 aliphatic carbocycles. The van der Waals surface area contributed by atoms with Crippen molar-refractivity contribution in [1.29, 1.82) is 5.26 Å². The first-order chi connectivity index (χ1) is 11.2. The van der Waals surface area contributed by atoms with Crippen LogP contribution in [0.2, 0.25) is 0 Å². The summed E-state index contributed by atoms with van der Waals surface area (Å²) in [5, 5.41) is 22.5. The average molecular weight is 311 g/mol. The van der Waals surface area contributed by atoms with Crippen LogP contribution < -0.4 is 10.6 Å². The third kappa shape index (κ3) is 5.05. The molecule has 0 saturated heterocycles. The molecule has 7 heteroatoms. The Morgan fingerprint density at radius 2 is 2.17 bits per heavy atom. The first kappa shape index (κ1) is 16.4. The Morgan fingerprint density at radius 3 is 2.87 bits per heavy atom. The molecule has 0 unspecified atom stereocenters. The topological polar surface area (TPSA) is 99.9 Å². The summed E-state index contributed by atoms with van der Waals surface area (Å²) in [5.74, 6) is 0.225. The molecule has 0 radical (unpaired) electrons. The third-order valence-electron chi connectivity index (χ3n) is 2.98. The summed E-state index contributed by atoms with van der Waals surface area (Å²) < 4.78 is 4.95. The molecule has 0 spiro atoms. The van der Waals surface area contributed by atoms with E-state index in [0.29, 0.717) is 23.7 Å². The summed E-state index contributed by atoms with van der Waals surface area (Å²) in [7, 11) is 1.65. The Balaban J connectivity index is 1.93. The fraction of sp³-hybridized carbons (Fsp3) is 0.250. The van der Waals surface area contributed by atoms with Crippen molar-refractivity contribution in [2.45, 2.75) is 6.42 Å². The molecule has 0 fully saturated rings. The SMILES string of the molecule is COCCCNc1ccc(C(=O)Nc2cccc(C#N)c2)nn1. The molecule has 1 aromatic carbocycles. The molecular formula is C16H17N5O2. The van der Waals surface area contributed by atoms with Crippen LogP contribution in [0.5, 0.6) is 0 Å². The molecule has 118 valence electrons. The van der Waals surface area contributed by atoms with Crippen molar-refractivity contribution in [2.24, 2.45) is 0 Å². The zero-order valence-electron chi connectivity index (χ0n) is 12.7. The van der Waals surface area contributed by atoms with E-state index in [4.69, 9.17) is 10.00 Å². The van der Waals surface area contributed by atoms with Crippen LogP contribution in [-0.2, 0) is 4.74 Å². The molecule has 1 heterocycles. The van der Waals surface area contributed by atoms with Crippen molar-refractivity contribution in [3.8, 4) is 6.07 Å². The molecule has 2 aromatic rings. The number of methoxy groups -OCH3 is 1. The Kier molecular flexibility index (Phi) is 6.03. The number of carbonyl (C=O) groups excluding carboxylic acids is 1. The second-order valence-electron chi connectivity index (χ2n) is 4.72. The summed E-state index contributed by atoms with van der Waals surface area (Å²) in [6.07, 6.45) is 0.857. The van der Waals surface area contributed by atoms with Crippen molar-refractivity contribution >= 4 is 17.4 Å². The van der Waals surface area contributed by atoms with Gasteiger partial charge in [-0.2, -0.15) is 5.26 Å². The van der Waals surface area contributed by atoms with Gasteiger partial charge < -0.3 is 15.4 Å². The molecule has 0 bridgehead atoms. The summed E-state index contributed by atoms with van der Waals surface area (Å²) in [6.45, 7) is 1.39. The van der Waals surface area contributed by atoms with Crippen LogP contribution in [0.1, 0.15) is 22.5 Å². The van der Waals surface area contributed by atoms with Crippen molar-refractivity contribution < 1.29 is 9.53 Å². The van der Waals surface area contributed by atoms with E-state index in [1.165, 1.54) is 0 Å². The van der Waals surface area contributed by atoms with Crippen LogP contribution in [-0.4, -0.2) is 36.4 Å². The number of anilines is 2. The highest BCUT2D eigenvalue weighted by Gasteiger charge is 2.09. The summed E-state index contributed by atoms with van der Waals surface area (Å²) >= 11 is 0. The molecule has 1 amide bonds. The van der Waals surface area contributed by atoms with E-state index < -0.39 is 0 Å². The van der Waals surface area contributed by atoms with Gasteiger partial charge in [0.05, 0.1) is 11.6 Å². The van der Waals surface area contributed by atoms with E-state index in [9.17, 15) is 4.79 Å². The van der Waals surface area contributed by atoms with Gasteiger partial charge in [-0.1, -0.05) is 6.07 Å². The number of amides is 1. The van der Waals surface area contributed by atoms with Gasteiger partial charge in [0.2, 0.25) is 0 Å². The number of nitrogens with zero attached hydrogens (tertiary/aromatic N) is 3. The molecule has 7 nitrogen and oxygen atoms in total. The zero-order chi connectivity index (χ0) is 16.5. The van der Waals surface area contributed by atoms with Crippen molar-refractivity contribution in [2.75, 3.05) is 30.9 Å². The molecular weight excluding hydrogens is 294 g/mol. The standard InChI is InChI=1S/C16H17N5O2/c1-23-9-3-8-18-15-7-6-14(20-21-15)16(22)19-13-5-2-4-12(10-13)11-17/h2,4-7,10H,3,8-9H2,1H3,(H,18,21)(H,19,22). The van der Waals surface area contributed by atoms with Gasteiger partial charge in [0.1, 0.15) is 5.82 Å². The van der Waals surface area contributed by atoms with Gasteiger partial charge in [0.25, 0.3) is 5.91 Å². The van der Waals surface area contributed by atoms with Crippen LogP contribution in [0.25, 0.3) is 0 Å². The molecule has 0 saturated carbocycles. The lowest BCUT2D eigenvalue weighted by molar-refractivity contribution is 0.102. The number of nitriles is 1. The lowest BCUT2D eigenvalue weighted by Gasteiger charge is -2.06. The lowest BCUT2D eigenvalue weighted by atomic mass is 10.2. The van der Waals surface area contributed by atoms with Crippen molar-refractivity contribution in [3.05, 3.63) is 47.7 Å². The van der Waals surface area contributed by atoms with Crippen LogP contribution in [0.4, 0.5) is 11.5 Å². The number of carbonyl (C=O) groups is 1. The van der Waals surface area contributed by atoms with E-state index in [1.54, 1.807) is 43.5 Å². The zero-order valence-corrected chi connectivity index (χ0v) is 12.7. The summed E-state index contributed by atoms with van der Waals surface area (Å²) in [6, 6.07) is 12.0. The van der Waals surface area contributed by atoms with E-state index >= 15 is 0 Å². The van der Waals surface area contributed by atoms with E-state index in [1.807, 2.05) is 6.07 Å². The highest BCUT2D eigenvalue weighted by atomic mass is 16.5. The molecule has 0 atom stereocenters. The van der Waals surface area contributed by atoms with Gasteiger partial charge in [-0.3, -0.25) is 4.79 Å². The van der Waals surface area contributed by atoms with E-state index in [-0.39, 0.29) is 11.6 Å². The van der Waals surface area contributed by atoms with Crippen LogP contribution in [0.15, 0.2) is 36.4 Å². The second kappa shape index (κ2) is 8.46. The summed E-state index contributed by atoms with van der Waals surface area (Å²) in [5.41, 5.74) is 1.22. The lowest BCUT2D eigenvalue weighted by Crippen LogP contribution is -2.15. The molecule has 1 aromatic heterocycles. The normalized spacial score (nSPS) is 9.91. The maximum Gasteiger partial charge on any atom is 0.276 e. The maximum absolute atomic E-state index is 12.1. The first-order valence-electron chi connectivity index (χ1n) is 7.11. The highest BCUT2D eigenvalue weighted by Crippen LogP contribution is 2.11. The number of rotatable bonds is 7. The Labute approximate surface area is 134 Å². The minimum Gasteiger partial charge on any atom is -0.385 e. The Morgan fingerprint density at radius 1 is 1.30 bits per heavy atom. The van der Waals surface area contributed by atoms with Gasteiger partial charge in [-0.25, -0.2) is 0 Å². The smallest absolute Gasteiger partial charge is 0.276 e. The van der Waals surface area contributed by atoms with Gasteiger partial charge >= 0.3 is 0 Å². The van der Waals surface area contributed by atoms with Crippen molar-refractivity contribution in [1.82, 2.24) is 10.2 Å². The van der Waals surface area contributed by atoms with E-state index in [0.717, 1.165) is 13.0 Å². The van der Waals surface area contributed by atoms with Gasteiger partial charge in [-0.05, 0) is 36.8 Å². The number of benzene rings is 1. The number of hydrogen-bond acceptors (Lipinski definition) is 6. The summed E-state index contributed by atoms with van der Waals surface area (Å²) in [4.78, 5) is 12.1. The fourth-order valence-corrected chi connectivity index (χ4v) is 1.84. The predicted molar refractivity (Wildman–Crippen MR) is 86.1 cm³/mol. The minimum atomic E-state index is -0.376. The Hall–Kier alpha value is -2.98. The molecule has 2 rings (SSSR count). The van der Waals surface area contributed by atoms with Gasteiger partial charge in [0, 0.05) is 25.9 Å². The number of ether oxygens (including phenoxy) is 1. The monoisotopic (exact) mass is 311 g/mol. The van der Waals surface area contributed by atoms with Crippen LogP contribution in [0.3, 0.4) is 0 Å².